The Kier molecular flexibility index (Phi) is 4.02. The average Bonchev–Trinajstić information content (AvgIpc) is 2.18. The lowest BCUT2D eigenvalue weighted by atomic mass is 9.91. The van der Waals surface area contributed by atoms with E-state index in [2.05, 4.69) is 20.9 Å². The van der Waals surface area contributed by atoms with E-state index in [9.17, 15) is 9.18 Å². The van der Waals surface area contributed by atoms with Gasteiger partial charge in [0.25, 0.3) is 0 Å². The van der Waals surface area contributed by atoms with Gasteiger partial charge in [0.15, 0.2) is 17.3 Å². The van der Waals surface area contributed by atoms with E-state index in [0.29, 0.717) is 0 Å². The zero-order chi connectivity index (χ0) is 12.3. The van der Waals surface area contributed by atoms with Crippen LogP contribution >= 0.6 is 15.9 Å². The summed E-state index contributed by atoms with van der Waals surface area (Å²) in [5.41, 5.74) is -0.485. The number of Topliss-reactive ketones (excluding diaryl/α,β-unsaturated/α-hetero) is 1. The van der Waals surface area contributed by atoms with Crippen LogP contribution in [0.25, 0.3) is 0 Å². The zero-order valence-electron chi connectivity index (χ0n) is 9.38. The van der Waals surface area contributed by atoms with Crippen molar-refractivity contribution in [1.82, 2.24) is 4.98 Å². The van der Waals surface area contributed by atoms with Crippen LogP contribution in [0.3, 0.4) is 0 Å². The number of nitrogens with zero attached hydrogens (tertiary/aromatic N) is 1. The lowest BCUT2D eigenvalue weighted by Crippen LogP contribution is -2.26. The molecule has 0 aliphatic rings. The van der Waals surface area contributed by atoms with Crippen molar-refractivity contribution in [2.24, 2.45) is 5.41 Å². The standard InChI is InChI=1S/C11H13BrFNO2/c1-11(2,3)8(15)6-16-7-4-5-14-10(12)9(7)13/h4-5H,6H2,1-3H3. The van der Waals surface area contributed by atoms with Crippen LogP contribution in [0.1, 0.15) is 20.8 Å². The second-order valence-electron chi connectivity index (χ2n) is 4.38. The summed E-state index contributed by atoms with van der Waals surface area (Å²) >= 11 is 2.94. The molecule has 16 heavy (non-hydrogen) atoms. The van der Waals surface area contributed by atoms with Crippen LogP contribution in [0.5, 0.6) is 5.75 Å². The fourth-order valence-corrected chi connectivity index (χ4v) is 1.19. The summed E-state index contributed by atoms with van der Waals surface area (Å²) in [4.78, 5) is 15.3. The van der Waals surface area contributed by atoms with Crippen molar-refractivity contribution >= 4 is 21.7 Å². The molecule has 0 amide bonds. The Morgan fingerprint density at radius 1 is 1.56 bits per heavy atom. The van der Waals surface area contributed by atoms with E-state index >= 15 is 0 Å². The summed E-state index contributed by atoms with van der Waals surface area (Å²) in [7, 11) is 0. The number of halogens is 2. The van der Waals surface area contributed by atoms with Gasteiger partial charge in [-0.25, -0.2) is 4.98 Å². The van der Waals surface area contributed by atoms with Crippen molar-refractivity contribution in [3.63, 3.8) is 0 Å². The molecule has 1 heterocycles. The highest BCUT2D eigenvalue weighted by atomic mass is 79.9. The van der Waals surface area contributed by atoms with Gasteiger partial charge in [0, 0.05) is 17.7 Å². The minimum absolute atomic E-state index is 0.0273. The van der Waals surface area contributed by atoms with Crippen LogP contribution < -0.4 is 4.74 Å². The lowest BCUT2D eigenvalue weighted by Gasteiger charge is -2.16. The van der Waals surface area contributed by atoms with Gasteiger partial charge in [-0.15, -0.1) is 0 Å². The van der Waals surface area contributed by atoms with E-state index in [4.69, 9.17) is 4.74 Å². The van der Waals surface area contributed by atoms with Gasteiger partial charge in [0.05, 0.1) is 0 Å². The van der Waals surface area contributed by atoms with Crippen LogP contribution in [0.4, 0.5) is 4.39 Å². The summed E-state index contributed by atoms with van der Waals surface area (Å²) in [6.07, 6.45) is 1.41. The van der Waals surface area contributed by atoms with Crippen molar-refractivity contribution in [1.29, 1.82) is 0 Å². The molecule has 0 spiro atoms. The largest absolute Gasteiger partial charge is 0.483 e. The molecule has 0 atom stereocenters. The smallest absolute Gasteiger partial charge is 0.197 e. The van der Waals surface area contributed by atoms with Gasteiger partial charge in [-0.2, -0.15) is 4.39 Å². The van der Waals surface area contributed by atoms with E-state index in [1.165, 1.54) is 12.3 Å². The Morgan fingerprint density at radius 3 is 2.75 bits per heavy atom. The summed E-state index contributed by atoms with van der Waals surface area (Å²) in [5, 5.41) is 0. The highest BCUT2D eigenvalue weighted by Gasteiger charge is 2.22. The molecule has 0 saturated heterocycles. The number of pyridine rings is 1. The number of carbonyl (C=O) groups is 1. The molecular formula is C11H13BrFNO2. The van der Waals surface area contributed by atoms with Crippen LogP contribution in [0.2, 0.25) is 0 Å². The number of rotatable bonds is 3. The molecule has 1 aromatic rings. The van der Waals surface area contributed by atoms with Crippen molar-refractivity contribution in [3.05, 3.63) is 22.7 Å². The van der Waals surface area contributed by atoms with Gasteiger partial charge in [0.1, 0.15) is 11.2 Å². The Labute approximate surface area is 102 Å². The summed E-state index contributed by atoms with van der Waals surface area (Å²) < 4.78 is 18.6. The molecule has 5 heteroatoms. The monoisotopic (exact) mass is 289 g/mol. The minimum atomic E-state index is -0.593. The first-order valence-electron chi connectivity index (χ1n) is 4.78. The molecule has 0 aliphatic carbocycles. The van der Waals surface area contributed by atoms with E-state index in [1.807, 2.05) is 0 Å². The van der Waals surface area contributed by atoms with E-state index in [1.54, 1.807) is 20.8 Å². The van der Waals surface area contributed by atoms with Crippen molar-refractivity contribution < 1.29 is 13.9 Å². The maximum absolute atomic E-state index is 13.4. The Balaban J connectivity index is 2.69. The van der Waals surface area contributed by atoms with Crippen LogP contribution in [0.15, 0.2) is 16.9 Å². The van der Waals surface area contributed by atoms with Gasteiger partial charge in [-0.1, -0.05) is 20.8 Å². The van der Waals surface area contributed by atoms with Crippen molar-refractivity contribution in [2.75, 3.05) is 6.61 Å². The molecule has 0 N–H and O–H groups in total. The van der Waals surface area contributed by atoms with Crippen molar-refractivity contribution in [3.8, 4) is 5.75 Å². The molecule has 0 bridgehead atoms. The molecule has 3 nitrogen and oxygen atoms in total. The van der Waals surface area contributed by atoms with E-state index in [0.717, 1.165) is 0 Å². The normalized spacial score (nSPS) is 11.3. The predicted octanol–water partition coefficient (Wildman–Crippen LogP) is 2.98. The van der Waals surface area contributed by atoms with Crippen LogP contribution in [0, 0.1) is 11.2 Å². The highest BCUT2D eigenvalue weighted by Crippen LogP contribution is 2.23. The first-order chi connectivity index (χ1) is 7.32. The third-order valence-electron chi connectivity index (χ3n) is 2.01. The molecule has 0 aromatic carbocycles. The lowest BCUT2D eigenvalue weighted by molar-refractivity contribution is -0.128. The van der Waals surface area contributed by atoms with Crippen LogP contribution in [-0.2, 0) is 4.79 Å². The SMILES string of the molecule is CC(C)(C)C(=O)COc1ccnc(Br)c1F. The molecule has 1 rings (SSSR count). The number of hydrogen-bond donors (Lipinski definition) is 0. The number of ether oxygens (including phenoxy) is 1. The van der Waals surface area contributed by atoms with Gasteiger partial charge in [0.2, 0.25) is 0 Å². The molecule has 0 unspecified atom stereocenters. The average molecular weight is 290 g/mol. The molecule has 0 saturated carbocycles. The number of carbonyl (C=O) groups excluding carboxylic acids is 1. The maximum Gasteiger partial charge on any atom is 0.197 e. The fraction of sp³-hybridized carbons (Fsp3) is 0.455. The third-order valence-corrected chi connectivity index (χ3v) is 2.56. The highest BCUT2D eigenvalue weighted by molar-refractivity contribution is 9.10. The first-order valence-corrected chi connectivity index (χ1v) is 5.58. The van der Waals surface area contributed by atoms with Gasteiger partial charge in [-0.05, 0) is 15.9 Å². The molecule has 0 aliphatic heterocycles. The Hall–Kier alpha value is -0.970. The van der Waals surface area contributed by atoms with Crippen LogP contribution in [-0.4, -0.2) is 17.4 Å². The Bertz CT molecular complexity index is 401. The summed E-state index contributed by atoms with van der Waals surface area (Å²) in [6, 6.07) is 1.38. The zero-order valence-corrected chi connectivity index (χ0v) is 11.0. The molecule has 1 aromatic heterocycles. The topological polar surface area (TPSA) is 39.2 Å². The fourth-order valence-electron chi connectivity index (χ4n) is 0.873. The third kappa shape index (κ3) is 3.27. The second-order valence-corrected chi connectivity index (χ2v) is 5.13. The maximum atomic E-state index is 13.4. The first kappa shape index (κ1) is 13.1. The van der Waals surface area contributed by atoms with Crippen molar-refractivity contribution in [2.45, 2.75) is 20.8 Å². The summed E-state index contributed by atoms with van der Waals surface area (Å²) in [6.45, 7) is 5.23. The van der Waals surface area contributed by atoms with E-state index < -0.39 is 11.2 Å². The van der Waals surface area contributed by atoms with Gasteiger partial charge >= 0.3 is 0 Å². The minimum Gasteiger partial charge on any atom is -0.483 e. The van der Waals surface area contributed by atoms with E-state index in [-0.39, 0.29) is 22.7 Å². The number of aromatic nitrogens is 1. The van der Waals surface area contributed by atoms with Gasteiger partial charge in [-0.3, -0.25) is 4.79 Å². The quantitative estimate of drug-likeness (QED) is 0.803. The second kappa shape index (κ2) is 4.91. The Morgan fingerprint density at radius 2 is 2.19 bits per heavy atom. The molecule has 88 valence electrons. The number of ketones is 1. The molecular weight excluding hydrogens is 277 g/mol. The number of hydrogen-bond acceptors (Lipinski definition) is 3. The predicted molar refractivity (Wildman–Crippen MR) is 61.9 cm³/mol. The molecule has 0 fully saturated rings. The van der Waals surface area contributed by atoms with Gasteiger partial charge < -0.3 is 4.74 Å². The summed E-state index contributed by atoms with van der Waals surface area (Å²) in [5.74, 6) is -0.650. The molecule has 0 radical (unpaired) electrons.